The standard InChI is InChI=1S/C15H25N3O2/c1-5-11(2)18(3)10-9-17-15(19)12-7-6-8-13(16)14(12)20-4/h6-8,11H,5,9-10,16H2,1-4H3,(H,17,19). The number of hydrogen-bond acceptors (Lipinski definition) is 4. The number of amides is 1. The van der Waals surface area contributed by atoms with Gasteiger partial charge in [-0.3, -0.25) is 4.79 Å². The maximum absolute atomic E-state index is 12.1. The molecule has 112 valence electrons. The second-order valence-electron chi connectivity index (χ2n) is 4.92. The molecule has 0 fully saturated rings. The lowest BCUT2D eigenvalue weighted by atomic mass is 10.1. The molecular weight excluding hydrogens is 254 g/mol. The predicted molar refractivity (Wildman–Crippen MR) is 82.1 cm³/mol. The fourth-order valence-corrected chi connectivity index (χ4v) is 1.93. The summed E-state index contributed by atoms with van der Waals surface area (Å²) in [5.41, 5.74) is 6.73. The largest absolute Gasteiger partial charge is 0.494 e. The van der Waals surface area contributed by atoms with Gasteiger partial charge in [-0.1, -0.05) is 13.0 Å². The molecule has 0 saturated carbocycles. The Morgan fingerprint density at radius 1 is 1.50 bits per heavy atom. The third-order valence-corrected chi connectivity index (χ3v) is 3.59. The predicted octanol–water partition coefficient (Wildman–Crippen LogP) is 1.74. The highest BCUT2D eigenvalue weighted by Crippen LogP contribution is 2.25. The zero-order chi connectivity index (χ0) is 15.1. The highest BCUT2D eigenvalue weighted by molar-refractivity contribution is 5.98. The van der Waals surface area contributed by atoms with E-state index in [0.29, 0.717) is 29.6 Å². The van der Waals surface area contributed by atoms with Crippen LogP contribution in [-0.2, 0) is 0 Å². The highest BCUT2D eigenvalue weighted by Gasteiger charge is 2.14. The first-order valence-corrected chi connectivity index (χ1v) is 6.92. The lowest BCUT2D eigenvalue weighted by Crippen LogP contribution is -2.37. The van der Waals surface area contributed by atoms with Crippen molar-refractivity contribution < 1.29 is 9.53 Å². The SMILES string of the molecule is CCC(C)N(C)CCNC(=O)c1cccc(N)c1OC. The Bertz CT molecular complexity index is 449. The van der Waals surface area contributed by atoms with Crippen molar-refractivity contribution in [3.8, 4) is 5.75 Å². The number of para-hydroxylation sites is 1. The zero-order valence-corrected chi connectivity index (χ0v) is 12.8. The van der Waals surface area contributed by atoms with Gasteiger partial charge in [-0.25, -0.2) is 0 Å². The second kappa shape index (κ2) is 7.75. The summed E-state index contributed by atoms with van der Waals surface area (Å²) in [5, 5.41) is 2.89. The molecule has 0 radical (unpaired) electrons. The van der Waals surface area contributed by atoms with E-state index < -0.39 is 0 Å². The van der Waals surface area contributed by atoms with Crippen LogP contribution in [0.4, 0.5) is 5.69 Å². The van der Waals surface area contributed by atoms with Gasteiger partial charge in [0.15, 0.2) is 5.75 Å². The first-order valence-electron chi connectivity index (χ1n) is 6.92. The fraction of sp³-hybridized carbons (Fsp3) is 0.533. The first kappa shape index (κ1) is 16.3. The van der Waals surface area contributed by atoms with Crippen molar-refractivity contribution in [2.75, 3.05) is 33.0 Å². The Morgan fingerprint density at radius 3 is 2.80 bits per heavy atom. The number of methoxy groups -OCH3 is 1. The van der Waals surface area contributed by atoms with Gasteiger partial charge in [0.05, 0.1) is 18.4 Å². The molecule has 1 aromatic carbocycles. The molecule has 1 aromatic rings. The summed E-state index contributed by atoms with van der Waals surface area (Å²) in [7, 11) is 3.57. The number of nitrogens with one attached hydrogen (secondary N) is 1. The van der Waals surface area contributed by atoms with Crippen molar-refractivity contribution in [1.82, 2.24) is 10.2 Å². The first-order chi connectivity index (χ1) is 9.51. The zero-order valence-electron chi connectivity index (χ0n) is 12.8. The van der Waals surface area contributed by atoms with E-state index in [-0.39, 0.29) is 5.91 Å². The third kappa shape index (κ3) is 4.13. The quantitative estimate of drug-likeness (QED) is 0.746. The number of carbonyl (C=O) groups excluding carboxylic acids is 1. The van der Waals surface area contributed by atoms with Gasteiger partial charge < -0.3 is 20.7 Å². The Morgan fingerprint density at radius 2 is 2.20 bits per heavy atom. The number of hydrogen-bond donors (Lipinski definition) is 2. The number of nitrogen functional groups attached to an aromatic ring is 1. The second-order valence-corrected chi connectivity index (χ2v) is 4.92. The summed E-state index contributed by atoms with van der Waals surface area (Å²) in [6.45, 7) is 5.73. The lowest BCUT2D eigenvalue weighted by Gasteiger charge is -2.23. The molecule has 0 aromatic heterocycles. The molecule has 3 N–H and O–H groups in total. The molecule has 0 aliphatic carbocycles. The summed E-state index contributed by atoms with van der Waals surface area (Å²) >= 11 is 0. The van der Waals surface area contributed by atoms with Gasteiger partial charge in [0.1, 0.15) is 0 Å². The van der Waals surface area contributed by atoms with E-state index >= 15 is 0 Å². The maximum atomic E-state index is 12.1. The lowest BCUT2D eigenvalue weighted by molar-refractivity contribution is 0.0944. The minimum atomic E-state index is -0.160. The van der Waals surface area contributed by atoms with Gasteiger partial charge >= 0.3 is 0 Å². The van der Waals surface area contributed by atoms with Crippen LogP contribution in [0.1, 0.15) is 30.6 Å². The topological polar surface area (TPSA) is 67.6 Å². The number of nitrogens with zero attached hydrogens (tertiary/aromatic N) is 1. The normalized spacial score (nSPS) is 12.2. The summed E-state index contributed by atoms with van der Waals surface area (Å²) in [4.78, 5) is 14.4. The molecule has 1 rings (SSSR count). The maximum Gasteiger partial charge on any atom is 0.255 e. The molecule has 1 amide bonds. The molecule has 0 heterocycles. The van der Waals surface area contributed by atoms with Gasteiger partial charge in [0.2, 0.25) is 0 Å². The summed E-state index contributed by atoms with van der Waals surface area (Å²) in [6, 6.07) is 5.68. The molecule has 20 heavy (non-hydrogen) atoms. The molecule has 0 aliphatic rings. The number of anilines is 1. The monoisotopic (exact) mass is 279 g/mol. The van der Waals surface area contributed by atoms with E-state index in [2.05, 4.69) is 31.1 Å². The smallest absolute Gasteiger partial charge is 0.255 e. The average Bonchev–Trinajstić information content (AvgIpc) is 2.45. The highest BCUT2D eigenvalue weighted by atomic mass is 16.5. The van der Waals surface area contributed by atoms with E-state index in [1.165, 1.54) is 7.11 Å². The molecule has 0 saturated heterocycles. The van der Waals surface area contributed by atoms with Crippen molar-refractivity contribution in [2.45, 2.75) is 26.3 Å². The number of carbonyl (C=O) groups is 1. The minimum Gasteiger partial charge on any atom is -0.494 e. The van der Waals surface area contributed by atoms with E-state index in [0.717, 1.165) is 13.0 Å². The molecule has 0 spiro atoms. The number of benzene rings is 1. The minimum absolute atomic E-state index is 0.160. The molecule has 5 heteroatoms. The van der Waals surface area contributed by atoms with Gasteiger partial charge in [-0.15, -0.1) is 0 Å². The van der Waals surface area contributed by atoms with Crippen LogP contribution in [0.5, 0.6) is 5.75 Å². The van der Waals surface area contributed by atoms with Gasteiger partial charge in [-0.05, 0) is 32.5 Å². The van der Waals surface area contributed by atoms with Crippen LogP contribution in [0.2, 0.25) is 0 Å². The van der Waals surface area contributed by atoms with E-state index in [1.54, 1.807) is 18.2 Å². The molecule has 0 bridgehead atoms. The van der Waals surface area contributed by atoms with Crippen LogP contribution < -0.4 is 15.8 Å². The molecule has 1 atom stereocenters. The number of likely N-dealkylation sites (N-methyl/N-ethyl adjacent to an activating group) is 1. The van der Waals surface area contributed by atoms with Crippen LogP contribution in [-0.4, -0.2) is 44.1 Å². The van der Waals surface area contributed by atoms with Crippen molar-refractivity contribution in [2.24, 2.45) is 0 Å². The summed E-state index contributed by atoms with van der Waals surface area (Å²) < 4.78 is 5.18. The van der Waals surface area contributed by atoms with Crippen molar-refractivity contribution in [3.63, 3.8) is 0 Å². The van der Waals surface area contributed by atoms with Crippen LogP contribution in [0.3, 0.4) is 0 Å². The van der Waals surface area contributed by atoms with Crippen LogP contribution in [0.25, 0.3) is 0 Å². The Balaban J connectivity index is 2.58. The van der Waals surface area contributed by atoms with Gasteiger partial charge in [0.25, 0.3) is 5.91 Å². The van der Waals surface area contributed by atoms with Crippen LogP contribution in [0.15, 0.2) is 18.2 Å². The van der Waals surface area contributed by atoms with Crippen LogP contribution in [0, 0.1) is 0 Å². The molecular formula is C15H25N3O2. The van der Waals surface area contributed by atoms with Crippen molar-refractivity contribution in [3.05, 3.63) is 23.8 Å². The fourth-order valence-electron chi connectivity index (χ4n) is 1.93. The molecule has 1 unspecified atom stereocenters. The Hall–Kier alpha value is -1.75. The number of ether oxygens (including phenoxy) is 1. The van der Waals surface area contributed by atoms with E-state index in [1.807, 2.05) is 0 Å². The van der Waals surface area contributed by atoms with Crippen molar-refractivity contribution in [1.29, 1.82) is 0 Å². The van der Waals surface area contributed by atoms with Crippen molar-refractivity contribution >= 4 is 11.6 Å². The number of nitrogens with two attached hydrogens (primary N) is 1. The molecule has 5 nitrogen and oxygen atoms in total. The summed E-state index contributed by atoms with van der Waals surface area (Å²) in [6.07, 6.45) is 1.09. The Kier molecular flexibility index (Phi) is 6.31. The van der Waals surface area contributed by atoms with Gasteiger partial charge in [-0.2, -0.15) is 0 Å². The number of rotatable bonds is 7. The third-order valence-electron chi connectivity index (χ3n) is 3.59. The van der Waals surface area contributed by atoms with Crippen LogP contribution >= 0.6 is 0 Å². The van der Waals surface area contributed by atoms with Gasteiger partial charge in [0, 0.05) is 19.1 Å². The summed E-state index contributed by atoms with van der Waals surface area (Å²) in [5.74, 6) is 0.270. The van der Waals surface area contributed by atoms with E-state index in [4.69, 9.17) is 10.5 Å². The molecule has 0 aliphatic heterocycles. The average molecular weight is 279 g/mol. The Labute approximate surface area is 121 Å². The van der Waals surface area contributed by atoms with E-state index in [9.17, 15) is 4.79 Å².